The van der Waals surface area contributed by atoms with Crippen molar-refractivity contribution >= 4 is 17.6 Å². The van der Waals surface area contributed by atoms with E-state index in [4.69, 9.17) is 14.7 Å². The van der Waals surface area contributed by atoms with Crippen LogP contribution in [0.25, 0.3) is 0 Å². The fourth-order valence-electron chi connectivity index (χ4n) is 2.23. The van der Waals surface area contributed by atoms with Gasteiger partial charge in [-0.3, -0.25) is 4.79 Å². The van der Waals surface area contributed by atoms with Gasteiger partial charge in [0, 0.05) is 12.7 Å². The van der Waals surface area contributed by atoms with Crippen LogP contribution in [0.5, 0.6) is 5.75 Å². The van der Waals surface area contributed by atoms with Gasteiger partial charge in [0.05, 0.1) is 11.6 Å². The molecule has 2 atom stereocenters. The van der Waals surface area contributed by atoms with Crippen molar-refractivity contribution in [2.45, 2.75) is 26.1 Å². The molecule has 6 heteroatoms. The van der Waals surface area contributed by atoms with Gasteiger partial charge in [-0.15, -0.1) is 0 Å². The Morgan fingerprint density at radius 1 is 1.00 bits per heavy atom. The second-order valence-electron chi connectivity index (χ2n) is 5.71. The van der Waals surface area contributed by atoms with Crippen LogP contribution < -0.4 is 9.64 Å². The van der Waals surface area contributed by atoms with Crippen LogP contribution in [0.15, 0.2) is 54.6 Å². The maximum absolute atomic E-state index is 12.4. The summed E-state index contributed by atoms with van der Waals surface area (Å²) in [5.41, 5.74) is 1.21. The minimum Gasteiger partial charge on any atom is -0.479 e. The quantitative estimate of drug-likeness (QED) is 0.747. The maximum atomic E-state index is 12.4. The largest absolute Gasteiger partial charge is 0.479 e. The van der Waals surface area contributed by atoms with E-state index in [0.717, 1.165) is 0 Å². The number of anilines is 1. The number of amides is 1. The van der Waals surface area contributed by atoms with E-state index in [2.05, 4.69) is 0 Å². The number of para-hydroxylation sites is 1. The van der Waals surface area contributed by atoms with Gasteiger partial charge in [-0.25, -0.2) is 4.79 Å². The summed E-state index contributed by atoms with van der Waals surface area (Å²) in [5.74, 6) is -0.541. The van der Waals surface area contributed by atoms with E-state index in [1.54, 1.807) is 50.4 Å². The van der Waals surface area contributed by atoms with E-state index in [1.165, 1.54) is 11.8 Å². The summed E-state index contributed by atoms with van der Waals surface area (Å²) in [6.07, 6.45) is -1.83. The lowest BCUT2D eigenvalue weighted by Gasteiger charge is -2.22. The number of carbonyl (C=O) groups excluding carboxylic acids is 2. The van der Waals surface area contributed by atoms with Crippen molar-refractivity contribution in [3.05, 3.63) is 60.2 Å². The van der Waals surface area contributed by atoms with Crippen molar-refractivity contribution in [1.29, 1.82) is 5.26 Å². The molecule has 0 spiro atoms. The van der Waals surface area contributed by atoms with Gasteiger partial charge in [0.1, 0.15) is 5.75 Å². The molecule has 0 bridgehead atoms. The molecule has 0 N–H and O–H groups in total. The van der Waals surface area contributed by atoms with E-state index >= 15 is 0 Å². The summed E-state index contributed by atoms with van der Waals surface area (Å²) in [6.45, 7) is 3.06. The molecule has 6 nitrogen and oxygen atoms in total. The van der Waals surface area contributed by atoms with Gasteiger partial charge in [0.2, 0.25) is 0 Å². The molecule has 0 fully saturated rings. The number of likely N-dealkylation sites (N-methyl/N-ethyl adjacent to an activating group) is 1. The maximum Gasteiger partial charge on any atom is 0.347 e. The molecule has 0 heterocycles. The Bertz CT molecular complexity index is 797. The van der Waals surface area contributed by atoms with Crippen LogP contribution in [0.3, 0.4) is 0 Å². The molecule has 2 rings (SSSR count). The number of carbonyl (C=O) groups is 2. The first-order valence-corrected chi connectivity index (χ1v) is 8.12. The standard InChI is InChI=1S/C20H20N2O4/c1-14(19(23)22(3)17-7-5-4-6-8-17)26-20(24)15(2)25-18-11-9-16(13-21)10-12-18/h4-12,14-15H,1-3H3/t14-,15-/m1/s1. The van der Waals surface area contributed by atoms with Crippen molar-refractivity contribution in [2.24, 2.45) is 0 Å². The minimum atomic E-state index is -0.945. The molecule has 0 aliphatic rings. The molecule has 0 aromatic heterocycles. The van der Waals surface area contributed by atoms with Gasteiger partial charge in [-0.1, -0.05) is 18.2 Å². The number of ether oxygens (including phenoxy) is 2. The second kappa shape index (κ2) is 8.67. The minimum absolute atomic E-state index is 0.338. The highest BCUT2D eigenvalue weighted by molar-refractivity contribution is 5.97. The van der Waals surface area contributed by atoms with Crippen molar-refractivity contribution < 1.29 is 19.1 Å². The fraction of sp³-hybridized carbons (Fsp3) is 0.250. The summed E-state index contributed by atoms with van der Waals surface area (Å²) < 4.78 is 10.7. The first kappa shape index (κ1) is 19.0. The van der Waals surface area contributed by atoms with Crippen LogP contribution >= 0.6 is 0 Å². The Hall–Kier alpha value is -3.33. The van der Waals surface area contributed by atoms with E-state index in [0.29, 0.717) is 17.0 Å². The number of hydrogen-bond acceptors (Lipinski definition) is 5. The van der Waals surface area contributed by atoms with Gasteiger partial charge in [0.25, 0.3) is 5.91 Å². The van der Waals surface area contributed by atoms with E-state index < -0.39 is 18.2 Å². The molecule has 0 unspecified atom stereocenters. The van der Waals surface area contributed by atoms with E-state index in [1.807, 2.05) is 24.3 Å². The number of benzene rings is 2. The molecule has 0 saturated heterocycles. The molecule has 1 amide bonds. The van der Waals surface area contributed by atoms with Crippen LogP contribution in [0.4, 0.5) is 5.69 Å². The van der Waals surface area contributed by atoms with Gasteiger partial charge in [-0.05, 0) is 50.2 Å². The van der Waals surface area contributed by atoms with Crippen molar-refractivity contribution in [1.82, 2.24) is 0 Å². The Morgan fingerprint density at radius 3 is 2.19 bits per heavy atom. The lowest BCUT2D eigenvalue weighted by Crippen LogP contribution is -2.40. The number of nitriles is 1. The summed E-state index contributed by atoms with van der Waals surface area (Å²) in [6, 6.07) is 17.5. The molecule has 0 aliphatic carbocycles. The zero-order chi connectivity index (χ0) is 19.1. The lowest BCUT2D eigenvalue weighted by molar-refractivity contribution is -0.160. The van der Waals surface area contributed by atoms with Crippen molar-refractivity contribution in [3.8, 4) is 11.8 Å². The number of nitrogens with zero attached hydrogens (tertiary/aromatic N) is 2. The predicted octanol–water partition coefficient (Wildman–Crippen LogP) is 2.92. The molecule has 0 aliphatic heterocycles. The average Bonchev–Trinajstić information content (AvgIpc) is 2.67. The van der Waals surface area contributed by atoms with Gasteiger partial charge in [0.15, 0.2) is 12.2 Å². The Labute approximate surface area is 152 Å². The van der Waals surface area contributed by atoms with Crippen LogP contribution in [0.2, 0.25) is 0 Å². The highest BCUT2D eigenvalue weighted by Crippen LogP contribution is 2.16. The zero-order valence-electron chi connectivity index (χ0n) is 14.9. The van der Waals surface area contributed by atoms with E-state index in [-0.39, 0.29) is 5.91 Å². The number of rotatable bonds is 6. The third-order valence-electron chi connectivity index (χ3n) is 3.74. The highest BCUT2D eigenvalue weighted by atomic mass is 16.6. The molecule has 0 saturated carbocycles. The first-order valence-electron chi connectivity index (χ1n) is 8.12. The smallest absolute Gasteiger partial charge is 0.347 e. The monoisotopic (exact) mass is 352 g/mol. The molecule has 134 valence electrons. The SMILES string of the molecule is C[C@@H](Oc1ccc(C#N)cc1)C(=O)O[C@H](C)C(=O)N(C)c1ccccc1. The summed E-state index contributed by atoms with van der Waals surface area (Å²) >= 11 is 0. The molecular formula is C20H20N2O4. The van der Waals surface area contributed by atoms with Gasteiger partial charge in [-0.2, -0.15) is 5.26 Å². The highest BCUT2D eigenvalue weighted by Gasteiger charge is 2.25. The van der Waals surface area contributed by atoms with Gasteiger partial charge < -0.3 is 14.4 Å². The normalized spacial score (nSPS) is 12.4. The Balaban J connectivity index is 1.92. The molecular weight excluding hydrogens is 332 g/mol. The Morgan fingerprint density at radius 2 is 1.62 bits per heavy atom. The van der Waals surface area contributed by atoms with E-state index in [9.17, 15) is 9.59 Å². The topological polar surface area (TPSA) is 79.6 Å². The van der Waals surface area contributed by atoms with Crippen LogP contribution in [-0.4, -0.2) is 31.1 Å². The zero-order valence-corrected chi connectivity index (χ0v) is 14.9. The lowest BCUT2D eigenvalue weighted by atomic mass is 10.2. The molecule has 2 aromatic carbocycles. The Kier molecular flexibility index (Phi) is 6.34. The summed E-state index contributed by atoms with van der Waals surface area (Å²) in [5, 5.41) is 8.78. The van der Waals surface area contributed by atoms with Crippen LogP contribution in [0, 0.1) is 11.3 Å². The summed E-state index contributed by atoms with van der Waals surface area (Å²) in [7, 11) is 1.62. The summed E-state index contributed by atoms with van der Waals surface area (Å²) in [4.78, 5) is 26.0. The number of esters is 1. The fourth-order valence-corrected chi connectivity index (χ4v) is 2.23. The molecule has 0 radical (unpaired) electrons. The third-order valence-corrected chi connectivity index (χ3v) is 3.74. The second-order valence-corrected chi connectivity index (χ2v) is 5.71. The average molecular weight is 352 g/mol. The van der Waals surface area contributed by atoms with Crippen molar-refractivity contribution in [2.75, 3.05) is 11.9 Å². The third kappa shape index (κ3) is 4.84. The van der Waals surface area contributed by atoms with Gasteiger partial charge >= 0.3 is 5.97 Å². The first-order chi connectivity index (χ1) is 12.4. The predicted molar refractivity (Wildman–Crippen MR) is 96.7 cm³/mol. The number of hydrogen-bond donors (Lipinski definition) is 0. The van der Waals surface area contributed by atoms with Crippen LogP contribution in [-0.2, 0) is 14.3 Å². The van der Waals surface area contributed by atoms with Crippen molar-refractivity contribution in [3.63, 3.8) is 0 Å². The molecule has 2 aromatic rings. The molecule has 26 heavy (non-hydrogen) atoms. The van der Waals surface area contributed by atoms with Crippen LogP contribution in [0.1, 0.15) is 19.4 Å².